The van der Waals surface area contributed by atoms with E-state index in [1.165, 1.54) is 51.6 Å². The van der Waals surface area contributed by atoms with Crippen LogP contribution in [-0.2, 0) is 0 Å². The van der Waals surface area contributed by atoms with E-state index in [-0.39, 0.29) is 0 Å². The molecule has 0 amide bonds. The van der Waals surface area contributed by atoms with Crippen LogP contribution in [0.4, 0.5) is 0 Å². The average molecular weight is 276 g/mol. The molecule has 0 aromatic carbocycles. The van der Waals surface area contributed by atoms with Crippen molar-refractivity contribution in [3.05, 3.63) is 0 Å². The van der Waals surface area contributed by atoms with Gasteiger partial charge in [-0.05, 0) is 25.3 Å². The monoisotopic (exact) mass is 275 g/mol. The van der Waals surface area contributed by atoms with E-state index >= 15 is 0 Å². The molecule has 0 N–H and O–H groups in total. The van der Waals surface area contributed by atoms with Crippen LogP contribution < -0.4 is 0 Å². The topological polar surface area (TPSA) is 3.24 Å². The Hall–Kier alpha value is 0.440. The third-order valence-corrected chi connectivity index (χ3v) is 4.57. The second-order valence-electron chi connectivity index (χ2n) is 4.83. The highest BCUT2D eigenvalue weighted by Crippen LogP contribution is 2.21. The van der Waals surface area contributed by atoms with Crippen molar-refractivity contribution in [3.63, 3.8) is 0 Å². The van der Waals surface area contributed by atoms with Crippen molar-refractivity contribution in [2.75, 3.05) is 18.4 Å². The van der Waals surface area contributed by atoms with E-state index in [4.69, 9.17) is 0 Å². The van der Waals surface area contributed by atoms with E-state index < -0.39 is 0 Å². The molecule has 0 radical (unpaired) electrons. The largest absolute Gasteiger partial charge is 0.299 e. The second kappa shape index (κ2) is 7.67. The standard InChI is InChI=1S/C13H26BrN/c1-3-12(4-2)11-15-9-7-5-6-8-13(15)10-14/h12-13H,3-11H2,1-2H3. The van der Waals surface area contributed by atoms with Gasteiger partial charge in [0.05, 0.1) is 0 Å². The van der Waals surface area contributed by atoms with Gasteiger partial charge in [-0.25, -0.2) is 0 Å². The van der Waals surface area contributed by atoms with Crippen LogP contribution in [0.5, 0.6) is 0 Å². The summed E-state index contributed by atoms with van der Waals surface area (Å²) in [5.74, 6) is 0.907. The Kier molecular flexibility index (Phi) is 6.91. The highest BCUT2D eigenvalue weighted by atomic mass is 79.9. The number of alkyl halides is 1. The molecular weight excluding hydrogens is 250 g/mol. The summed E-state index contributed by atoms with van der Waals surface area (Å²) in [7, 11) is 0. The number of likely N-dealkylation sites (tertiary alicyclic amines) is 1. The summed E-state index contributed by atoms with van der Waals surface area (Å²) in [6.45, 7) is 7.31. The molecule has 1 nitrogen and oxygen atoms in total. The molecule has 1 fully saturated rings. The van der Waals surface area contributed by atoms with E-state index in [9.17, 15) is 0 Å². The maximum atomic E-state index is 3.68. The fraction of sp³-hybridized carbons (Fsp3) is 1.00. The smallest absolute Gasteiger partial charge is 0.0192 e. The van der Waals surface area contributed by atoms with Crippen LogP contribution in [0.1, 0.15) is 52.4 Å². The van der Waals surface area contributed by atoms with Crippen LogP contribution in [0, 0.1) is 5.92 Å². The Bertz CT molecular complexity index is 157. The maximum Gasteiger partial charge on any atom is 0.0192 e. The third kappa shape index (κ3) is 4.44. The maximum absolute atomic E-state index is 3.68. The first-order valence-electron chi connectivity index (χ1n) is 6.61. The fourth-order valence-corrected chi connectivity index (χ4v) is 3.26. The Morgan fingerprint density at radius 1 is 1.20 bits per heavy atom. The molecule has 90 valence electrons. The molecule has 1 saturated heterocycles. The van der Waals surface area contributed by atoms with Gasteiger partial charge in [-0.15, -0.1) is 0 Å². The van der Waals surface area contributed by atoms with E-state index in [1.807, 2.05) is 0 Å². The van der Waals surface area contributed by atoms with E-state index in [1.54, 1.807) is 0 Å². The molecule has 0 bridgehead atoms. The van der Waals surface area contributed by atoms with Crippen molar-refractivity contribution in [3.8, 4) is 0 Å². The highest BCUT2D eigenvalue weighted by molar-refractivity contribution is 9.09. The van der Waals surface area contributed by atoms with E-state index in [2.05, 4.69) is 34.7 Å². The fourth-order valence-electron chi connectivity index (χ4n) is 2.53. The third-order valence-electron chi connectivity index (χ3n) is 3.82. The van der Waals surface area contributed by atoms with Gasteiger partial charge >= 0.3 is 0 Å². The van der Waals surface area contributed by atoms with Gasteiger partial charge in [0.25, 0.3) is 0 Å². The van der Waals surface area contributed by atoms with Crippen molar-refractivity contribution >= 4 is 15.9 Å². The molecule has 0 saturated carbocycles. The zero-order valence-corrected chi connectivity index (χ0v) is 11.9. The molecule has 0 aromatic heterocycles. The molecule has 1 aliphatic rings. The van der Waals surface area contributed by atoms with Gasteiger partial charge in [0.2, 0.25) is 0 Å². The van der Waals surface area contributed by atoms with Crippen LogP contribution in [0.15, 0.2) is 0 Å². The van der Waals surface area contributed by atoms with Gasteiger partial charge in [0.1, 0.15) is 0 Å². The Balaban J connectivity index is 2.46. The first-order valence-corrected chi connectivity index (χ1v) is 7.73. The summed E-state index contributed by atoms with van der Waals surface area (Å²) in [5.41, 5.74) is 0. The van der Waals surface area contributed by atoms with Gasteiger partial charge < -0.3 is 0 Å². The molecule has 15 heavy (non-hydrogen) atoms. The van der Waals surface area contributed by atoms with Gasteiger partial charge in [0, 0.05) is 17.9 Å². The van der Waals surface area contributed by atoms with Crippen molar-refractivity contribution in [2.45, 2.75) is 58.4 Å². The van der Waals surface area contributed by atoms with E-state index in [0.29, 0.717) is 0 Å². The van der Waals surface area contributed by atoms with Crippen LogP contribution in [-0.4, -0.2) is 29.4 Å². The number of rotatable bonds is 5. The lowest BCUT2D eigenvalue weighted by molar-refractivity contribution is 0.179. The number of nitrogens with zero attached hydrogens (tertiary/aromatic N) is 1. The summed E-state index contributed by atoms with van der Waals surface area (Å²) in [5, 5.41) is 1.16. The molecule has 1 atom stereocenters. The quantitative estimate of drug-likeness (QED) is 0.684. The van der Waals surface area contributed by atoms with E-state index in [0.717, 1.165) is 17.3 Å². The van der Waals surface area contributed by atoms with Gasteiger partial charge in [0.15, 0.2) is 0 Å². The first-order chi connectivity index (χ1) is 7.31. The number of halogens is 1. The molecule has 1 rings (SSSR count). The Morgan fingerprint density at radius 3 is 2.53 bits per heavy atom. The molecular formula is C13H26BrN. The summed E-state index contributed by atoms with van der Waals surface area (Å²) in [6.07, 6.45) is 8.33. The van der Waals surface area contributed by atoms with Crippen molar-refractivity contribution in [1.29, 1.82) is 0 Å². The molecule has 1 aliphatic heterocycles. The summed E-state index contributed by atoms with van der Waals surface area (Å²) >= 11 is 3.68. The summed E-state index contributed by atoms with van der Waals surface area (Å²) < 4.78 is 0. The van der Waals surface area contributed by atoms with Crippen LogP contribution in [0.25, 0.3) is 0 Å². The van der Waals surface area contributed by atoms with Gasteiger partial charge in [-0.2, -0.15) is 0 Å². The normalized spacial score (nSPS) is 24.4. The minimum absolute atomic E-state index is 0.799. The minimum Gasteiger partial charge on any atom is -0.299 e. The number of hydrogen-bond donors (Lipinski definition) is 0. The molecule has 0 aliphatic carbocycles. The molecule has 1 heterocycles. The second-order valence-corrected chi connectivity index (χ2v) is 5.48. The number of hydrogen-bond acceptors (Lipinski definition) is 1. The highest BCUT2D eigenvalue weighted by Gasteiger charge is 2.21. The lowest BCUT2D eigenvalue weighted by atomic mass is 10.0. The van der Waals surface area contributed by atoms with Crippen LogP contribution >= 0.6 is 15.9 Å². The Morgan fingerprint density at radius 2 is 1.93 bits per heavy atom. The summed E-state index contributed by atoms with van der Waals surface area (Å²) in [4.78, 5) is 2.74. The van der Waals surface area contributed by atoms with Crippen LogP contribution in [0.2, 0.25) is 0 Å². The lowest BCUT2D eigenvalue weighted by Gasteiger charge is -2.31. The minimum atomic E-state index is 0.799. The van der Waals surface area contributed by atoms with Crippen LogP contribution in [0.3, 0.4) is 0 Å². The predicted molar refractivity (Wildman–Crippen MR) is 71.7 cm³/mol. The zero-order chi connectivity index (χ0) is 11.1. The summed E-state index contributed by atoms with van der Waals surface area (Å²) in [6, 6.07) is 0.799. The van der Waals surface area contributed by atoms with Crippen molar-refractivity contribution < 1.29 is 0 Å². The molecule has 2 heteroatoms. The zero-order valence-electron chi connectivity index (χ0n) is 10.3. The first kappa shape index (κ1) is 13.5. The average Bonchev–Trinajstić information content (AvgIpc) is 2.50. The van der Waals surface area contributed by atoms with Crippen molar-refractivity contribution in [1.82, 2.24) is 4.90 Å². The van der Waals surface area contributed by atoms with Gasteiger partial charge in [-0.1, -0.05) is 55.5 Å². The Labute approximate surface area is 104 Å². The van der Waals surface area contributed by atoms with Crippen molar-refractivity contribution in [2.24, 2.45) is 5.92 Å². The molecule has 1 unspecified atom stereocenters. The molecule has 0 spiro atoms. The molecule has 0 aromatic rings. The van der Waals surface area contributed by atoms with Gasteiger partial charge in [-0.3, -0.25) is 4.90 Å². The predicted octanol–water partition coefficient (Wildman–Crippen LogP) is 4.06. The SMILES string of the molecule is CCC(CC)CN1CCCCCC1CBr. The lowest BCUT2D eigenvalue weighted by Crippen LogP contribution is -2.39.